The summed E-state index contributed by atoms with van der Waals surface area (Å²) in [5.74, 6) is 0. The van der Waals surface area contributed by atoms with E-state index in [9.17, 15) is 0 Å². The Balaban J connectivity index is 0.000000720. The molecule has 0 amide bonds. The van der Waals surface area contributed by atoms with Gasteiger partial charge in [-0.3, -0.25) is 0 Å². The van der Waals surface area contributed by atoms with Crippen molar-refractivity contribution >= 4 is 32.2 Å². The van der Waals surface area contributed by atoms with Crippen LogP contribution in [-0.4, -0.2) is 4.98 Å². The zero-order valence-electron chi connectivity index (χ0n) is 6.47. The third-order valence-electron chi connectivity index (χ3n) is 1.64. The highest BCUT2D eigenvalue weighted by atomic mass is 79.9. The lowest BCUT2D eigenvalue weighted by atomic mass is 10.5. The molecule has 0 saturated carbocycles. The van der Waals surface area contributed by atoms with E-state index in [2.05, 4.69) is 43.8 Å². The Kier molecular flexibility index (Phi) is 3.31. The first-order valence-electron chi connectivity index (χ1n) is 3.34. The van der Waals surface area contributed by atoms with E-state index in [4.69, 9.17) is 0 Å². The van der Waals surface area contributed by atoms with Crippen molar-refractivity contribution in [1.82, 2.24) is 4.98 Å². The lowest BCUT2D eigenvalue weighted by Gasteiger charge is -1.76. The number of fused-ring (bicyclic) bond motifs is 1. The van der Waals surface area contributed by atoms with E-state index in [1.807, 2.05) is 0 Å². The fraction of sp³-hybridized carbons (Fsp3) is 0.286. The van der Waals surface area contributed by atoms with E-state index in [0.29, 0.717) is 0 Å². The summed E-state index contributed by atoms with van der Waals surface area (Å²) in [6, 6.07) is 0. The van der Waals surface area contributed by atoms with Crippen molar-refractivity contribution in [2.45, 2.75) is 12.3 Å². The highest BCUT2D eigenvalue weighted by Gasteiger charge is 2.10. The zero-order valence-corrected chi connectivity index (χ0v) is 10.5. The largest absolute Gasteiger partial charge is 1.00 e. The molecule has 2 heterocycles. The third-order valence-corrected chi connectivity index (χ3v) is 3.22. The first-order chi connectivity index (χ1) is 5.31. The average molecular weight is 312 g/mol. The molecule has 5 heteroatoms. The molecule has 0 aromatic carbocycles. The number of alkyl halides is 1. The molecule has 0 aliphatic rings. The van der Waals surface area contributed by atoms with Gasteiger partial charge in [-0.15, -0.1) is 0 Å². The molecule has 0 unspecified atom stereocenters. The molecule has 12 heavy (non-hydrogen) atoms. The van der Waals surface area contributed by atoms with E-state index in [1.54, 1.807) is 11.3 Å². The topological polar surface area (TPSA) is 19.9 Å². The summed E-state index contributed by atoms with van der Waals surface area (Å²) in [5.41, 5.74) is 2.51. The lowest BCUT2D eigenvalue weighted by Crippen LogP contribution is -3.00. The molecule has 66 valence electrons. The molecule has 0 aliphatic carbocycles. The first-order valence-corrected chi connectivity index (χ1v) is 5.34. The van der Waals surface area contributed by atoms with Gasteiger partial charge in [0.05, 0.1) is 5.33 Å². The van der Waals surface area contributed by atoms with Gasteiger partial charge in [-0.05, 0) is 6.92 Å². The molecular weight excluding hydrogens is 304 g/mol. The van der Waals surface area contributed by atoms with E-state index in [1.165, 1.54) is 16.3 Å². The summed E-state index contributed by atoms with van der Waals surface area (Å²) in [6.45, 7) is 2.11. The van der Waals surface area contributed by atoms with Crippen molar-refractivity contribution in [3.05, 3.63) is 23.0 Å². The number of thiazole rings is 1. The molecule has 2 nitrogen and oxygen atoms in total. The first kappa shape index (κ1) is 10.2. The summed E-state index contributed by atoms with van der Waals surface area (Å²) in [6.07, 6.45) is 2.12. The molecule has 0 bridgehead atoms. The number of hydrogen-bond donors (Lipinski definition) is 1. The maximum atomic E-state index is 3.40. The zero-order chi connectivity index (χ0) is 7.84. The van der Waals surface area contributed by atoms with E-state index < -0.39 is 0 Å². The van der Waals surface area contributed by atoms with Crippen LogP contribution >= 0.6 is 27.3 Å². The van der Waals surface area contributed by atoms with Crippen LogP contribution in [0, 0.1) is 6.92 Å². The van der Waals surface area contributed by atoms with Crippen molar-refractivity contribution in [3.8, 4) is 0 Å². The molecular formula is C7H8Br2N2S. The molecule has 2 aromatic heterocycles. The van der Waals surface area contributed by atoms with Crippen LogP contribution in [0.4, 0.5) is 0 Å². The number of rotatable bonds is 1. The van der Waals surface area contributed by atoms with Crippen LogP contribution in [0.5, 0.6) is 0 Å². The SMILES string of the molecule is Cc1csc2[nH]c(CBr)c[n+]12.[Br-]. The normalized spacial score (nSPS) is 10.2. The number of aromatic amines is 1. The highest BCUT2D eigenvalue weighted by molar-refractivity contribution is 9.08. The molecule has 2 rings (SSSR count). The van der Waals surface area contributed by atoms with Gasteiger partial charge in [-0.2, -0.15) is 4.40 Å². The van der Waals surface area contributed by atoms with Gasteiger partial charge in [0.2, 0.25) is 0 Å². The average Bonchev–Trinajstić information content (AvgIpc) is 2.53. The van der Waals surface area contributed by atoms with Crippen molar-refractivity contribution in [2.24, 2.45) is 0 Å². The van der Waals surface area contributed by atoms with E-state index in [0.717, 1.165) is 5.33 Å². The van der Waals surface area contributed by atoms with Crippen molar-refractivity contribution in [3.63, 3.8) is 0 Å². The van der Waals surface area contributed by atoms with Gasteiger partial charge in [0.25, 0.3) is 0 Å². The molecule has 0 saturated heterocycles. The monoisotopic (exact) mass is 310 g/mol. The Morgan fingerprint density at radius 3 is 3.00 bits per heavy atom. The van der Waals surface area contributed by atoms with Gasteiger partial charge in [-0.25, -0.2) is 4.98 Å². The summed E-state index contributed by atoms with van der Waals surface area (Å²) in [7, 11) is 0. The molecule has 0 radical (unpaired) electrons. The summed E-state index contributed by atoms with van der Waals surface area (Å²) in [5, 5.41) is 3.03. The molecule has 0 aliphatic heterocycles. The molecule has 0 fully saturated rings. The molecule has 0 spiro atoms. The number of aromatic nitrogens is 2. The van der Waals surface area contributed by atoms with Gasteiger partial charge < -0.3 is 17.0 Å². The fourth-order valence-corrected chi connectivity index (χ4v) is 2.24. The highest BCUT2D eigenvalue weighted by Crippen LogP contribution is 2.09. The number of H-pyrrole nitrogens is 1. The second-order valence-corrected chi connectivity index (χ2v) is 3.88. The Morgan fingerprint density at radius 2 is 2.42 bits per heavy atom. The fourth-order valence-electron chi connectivity index (χ4n) is 1.06. The minimum Gasteiger partial charge on any atom is -1.00 e. The second-order valence-electron chi connectivity index (χ2n) is 2.47. The predicted octanol–water partition coefficient (Wildman–Crippen LogP) is -0.978. The molecule has 2 aromatic rings. The van der Waals surface area contributed by atoms with Crippen LogP contribution in [-0.2, 0) is 5.33 Å². The molecule has 1 N–H and O–H groups in total. The Hall–Kier alpha value is 0.130. The van der Waals surface area contributed by atoms with Gasteiger partial charge in [0.15, 0.2) is 5.69 Å². The Labute approximate surface area is 93.5 Å². The minimum atomic E-state index is 0. The Bertz CT molecular complexity index is 380. The van der Waals surface area contributed by atoms with Crippen LogP contribution in [0.2, 0.25) is 0 Å². The van der Waals surface area contributed by atoms with Gasteiger partial charge in [0.1, 0.15) is 11.9 Å². The maximum Gasteiger partial charge on any atom is 0.343 e. The second kappa shape index (κ2) is 3.89. The Morgan fingerprint density at radius 1 is 1.67 bits per heavy atom. The van der Waals surface area contributed by atoms with Crippen LogP contribution in [0.25, 0.3) is 4.96 Å². The third kappa shape index (κ3) is 1.58. The number of aryl methyl sites for hydroxylation is 1. The van der Waals surface area contributed by atoms with Gasteiger partial charge in [-0.1, -0.05) is 27.3 Å². The van der Waals surface area contributed by atoms with E-state index in [-0.39, 0.29) is 17.0 Å². The van der Waals surface area contributed by atoms with Crippen LogP contribution in [0.1, 0.15) is 11.4 Å². The van der Waals surface area contributed by atoms with E-state index >= 15 is 0 Å². The van der Waals surface area contributed by atoms with Crippen LogP contribution < -0.4 is 21.4 Å². The summed E-state index contributed by atoms with van der Waals surface area (Å²) in [4.78, 5) is 4.51. The van der Waals surface area contributed by atoms with Crippen LogP contribution in [0.15, 0.2) is 11.6 Å². The van der Waals surface area contributed by atoms with Crippen molar-refractivity contribution < 1.29 is 21.4 Å². The summed E-state index contributed by atoms with van der Waals surface area (Å²) < 4.78 is 2.17. The van der Waals surface area contributed by atoms with Crippen molar-refractivity contribution in [2.75, 3.05) is 0 Å². The number of hydrogen-bond acceptors (Lipinski definition) is 1. The van der Waals surface area contributed by atoms with Gasteiger partial charge in [0, 0.05) is 5.38 Å². The standard InChI is InChI=1S/C7H7BrN2S.BrH/c1-5-4-11-7-9-6(2-8)3-10(5)7;/h3-4H,2H2,1H3;1H. The predicted molar refractivity (Wildman–Crippen MR) is 49.2 cm³/mol. The number of nitrogens with zero attached hydrogens (tertiary/aromatic N) is 1. The molecule has 0 atom stereocenters. The lowest BCUT2D eigenvalue weighted by molar-refractivity contribution is -0.513. The smallest absolute Gasteiger partial charge is 0.343 e. The quantitative estimate of drug-likeness (QED) is 0.516. The van der Waals surface area contributed by atoms with Crippen molar-refractivity contribution in [1.29, 1.82) is 0 Å². The summed E-state index contributed by atoms with van der Waals surface area (Å²) >= 11 is 5.14. The number of halogens is 2. The number of imidazole rings is 1. The minimum absolute atomic E-state index is 0. The van der Waals surface area contributed by atoms with Crippen LogP contribution in [0.3, 0.4) is 0 Å². The maximum absolute atomic E-state index is 3.40. The van der Waals surface area contributed by atoms with Gasteiger partial charge >= 0.3 is 4.96 Å². The number of nitrogens with one attached hydrogen (secondary N) is 1.